The number of nitriles is 3. The zero-order valence-corrected chi connectivity index (χ0v) is 12.8. The molecule has 0 heterocycles. The highest BCUT2D eigenvalue weighted by Gasteiger charge is 2.42. The number of alkyl halides is 4. The molecule has 0 saturated carbocycles. The summed E-state index contributed by atoms with van der Waals surface area (Å²) in [4.78, 5) is 0.876. The Balaban J connectivity index is 3.19. The predicted octanol–water partition coefficient (Wildman–Crippen LogP) is 2.71. The van der Waals surface area contributed by atoms with E-state index in [0.717, 1.165) is 4.90 Å². The maximum atomic E-state index is 13.3. The Morgan fingerprint density at radius 2 is 1.64 bits per heavy atom. The number of anilines is 1. The predicted molar refractivity (Wildman–Crippen MR) is 80.5 cm³/mol. The Kier molecular flexibility index (Phi) is 6.93. The van der Waals surface area contributed by atoms with Gasteiger partial charge in [0.15, 0.2) is 0 Å². The molecule has 0 fully saturated rings. The molecule has 0 bridgehead atoms. The molecule has 1 rings (SSSR count). The first-order valence-corrected chi connectivity index (χ1v) is 6.87. The number of allylic oxidation sites excluding steroid dienone is 2. The Hall–Kier alpha value is -3.09. The summed E-state index contributed by atoms with van der Waals surface area (Å²) in [5, 5.41) is 35.6. The maximum absolute atomic E-state index is 13.3. The van der Waals surface area contributed by atoms with E-state index in [0.29, 0.717) is 0 Å². The summed E-state index contributed by atoms with van der Waals surface area (Å²) in [6.45, 7) is -2.13. The smallest absolute Gasteiger partial charge is 0.324 e. The normalized spacial score (nSPS) is 10.5. The van der Waals surface area contributed by atoms with E-state index in [1.165, 1.54) is 24.3 Å². The van der Waals surface area contributed by atoms with Crippen molar-refractivity contribution < 1.29 is 22.7 Å². The maximum Gasteiger partial charge on any atom is 0.324 e. The van der Waals surface area contributed by atoms with Crippen LogP contribution in [0.2, 0.25) is 0 Å². The van der Waals surface area contributed by atoms with Gasteiger partial charge in [0.25, 0.3) is 0 Å². The number of rotatable bonds is 7. The number of nitrogens with zero attached hydrogens (tertiary/aromatic N) is 4. The van der Waals surface area contributed by atoms with Crippen LogP contribution in [-0.2, 0) is 0 Å². The van der Waals surface area contributed by atoms with Gasteiger partial charge in [0.1, 0.15) is 23.8 Å². The minimum absolute atomic E-state index is 0.117. The van der Waals surface area contributed by atoms with Gasteiger partial charge in [-0.1, -0.05) is 12.1 Å². The van der Waals surface area contributed by atoms with Crippen molar-refractivity contribution in [1.29, 1.82) is 15.8 Å². The highest BCUT2D eigenvalue weighted by molar-refractivity contribution is 5.84. The highest BCUT2D eigenvalue weighted by Crippen LogP contribution is 2.28. The molecule has 5 nitrogen and oxygen atoms in total. The first-order valence-electron chi connectivity index (χ1n) is 6.87. The summed E-state index contributed by atoms with van der Waals surface area (Å²) >= 11 is 0. The lowest BCUT2D eigenvalue weighted by Gasteiger charge is -2.28. The number of halogens is 4. The van der Waals surface area contributed by atoms with Crippen LogP contribution in [0, 0.1) is 34.0 Å². The molecule has 1 aromatic carbocycles. The zero-order chi connectivity index (χ0) is 19.0. The van der Waals surface area contributed by atoms with Crippen molar-refractivity contribution in [2.24, 2.45) is 0 Å². The fourth-order valence-corrected chi connectivity index (χ4v) is 1.98. The van der Waals surface area contributed by atoms with Gasteiger partial charge >= 0.3 is 12.3 Å². The molecular formula is C16H12F4N4O. The van der Waals surface area contributed by atoms with E-state index in [-0.39, 0.29) is 23.4 Å². The van der Waals surface area contributed by atoms with Crippen LogP contribution in [-0.4, -0.2) is 37.2 Å². The van der Waals surface area contributed by atoms with Crippen LogP contribution in [0.5, 0.6) is 0 Å². The molecule has 25 heavy (non-hydrogen) atoms. The van der Waals surface area contributed by atoms with Gasteiger partial charge in [-0.3, -0.25) is 0 Å². The third kappa shape index (κ3) is 4.94. The van der Waals surface area contributed by atoms with Crippen LogP contribution >= 0.6 is 0 Å². The van der Waals surface area contributed by atoms with Crippen molar-refractivity contribution in [1.82, 2.24) is 0 Å². The summed E-state index contributed by atoms with van der Waals surface area (Å²) in [7, 11) is 0. The molecule has 0 spiro atoms. The lowest BCUT2D eigenvalue weighted by Crippen LogP contribution is -2.43. The average Bonchev–Trinajstić information content (AvgIpc) is 2.59. The second-order valence-corrected chi connectivity index (χ2v) is 4.84. The fourth-order valence-electron chi connectivity index (χ4n) is 1.98. The molecule has 1 aromatic rings. The zero-order valence-electron chi connectivity index (χ0n) is 12.8. The lowest BCUT2D eigenvalue weighted by molar-refractivity contribution is -0.121. The van der Waals surface area contributed by atoms with Gasteiger partial charge in [0, 0.05) is 12.2 Å². The number of hydrogen-bond donors (Lipinski definition) is 1. The van der Waals surface area contributed by atoms with Crippen molar-refractivity contribution in [2.45, 2.75) is 12.3 Å². The van der Waals surface area contributed by atoms with E-state index in [1.54, 1.807) is 18.2 Å². The van der Waals surface area contributed by atoms with E-state index >= 15 is 0 Å². The molecule has 130 valence electrons. The van der Waals surface area contributed by atoms with Crippen molar-refractivity contribution in [3.63, 3.8) is 0 Å². The van der Waals surface area contributed by atoms with Crippen LogP contribution in [0.25, 0.3) is 5.57 Å². The summed E-state index contributed by atoms with van der Waals surface area (Å²) in [5.41, 5.74) is -0.283. The first-order chi connectivity index (χ1) is 11.8. The summed E-state index contributed by atoms with van der Waals surface area (Å²) in [6, 6.07) is 10.0. The summed E-state index contributed by atoms with van der Waals surface area (Å²) < 4.78 is 51.3. The van der Waals surface area contributed by atoms with Crippen molar-refractivity contribution >= 4 is 11.3 Å². The molecule has 0 atom stereocenters. The molecule has 0 aromatic heterocycles. The van der Waals surface area contributed by atoms with Gasteiger partial charge < -0.3 is 10.0 Å². The number of aliphatic hydroxyl groups excluding tert-OH is 1. The van der Waals surface area contributed by atoms with Crippen LogP contribution in [0.4, 0.5) is 23.2 Å². The first kappa shape index (κ1) is 20.0. The molecule has 0 amide bonds. The molecule has 0 aliphatic rings. The van der Waals surface area contributed by atoms with E-state index in [2.05, 4.69) is 0 Å². The van der Waals surface area contributed by atoms with Gasteiger partial charge in [-0.05, 0) is 17.7 Å². The van der Waals surface area contributed by atoms with Crippen LogP contribution in [0.3, 0.4) is 0 Å². The van der Waals surface area contributed by atoms with Crippen molar-refractivity contribution in [2.75, 3.05) is 24.6 Å². The Morgan fingerprint density at radius 1 is 1.08 bits per heavy atom. The molecule has 0 radical (unpaired) electrons. The minimum atomic E-state index is -4.26. The van der Waals surface area contributed by atoms with Gasteiger partial charge in [0.05, 0.1) is 18.7 Å². The largest absolute Gasteiger partial charge is 0.395 e. The standard InChI is InChI=1S/C16H12F4N4O/c17-15(18)16(19,20)10-24(5-6-25)13-3-1-11(2-4-13)14(9-23)12(7-21)8-22/h1-4,15,25H,5-6,10H2. The highest BCUT2D eigenvalue weighted by atomic mass is 19.3. The van der Waals surface area contributed by atoms with Crippen LogP contribution in [0.1, 0.15) is 5.56 Å². The van der Waals surface area contributed by atoms with E-state index in [9.17, 15) is 17.6 Å². The van der Waals surface area contributed by atoms with E-state index in [4.69, 9.17) is 20.9 Å². The number of hydrogen-bond acceptors (Lipinski definition) is 5. The Bertz CT molecular complexity index is 738. The molecule has 9 heteroatoms. The lowest BCUT2D eigenvalue weighted by atomic mass is 10.0. The molecule has 1 N–H and O–H groups in total. The van der Waals surface area contributed by atoms with Crippen LogP contribution < -0.4 is 4.90 Å². The number of aliphatic hydroxyl groups is 1. The molecule has 0 aliphatic heterocycles. The van der Waals surface area contributed by atoms with Crippen molar-refractivity contribution in [3.05, 3.63) is 35.4 Å². The van der Waals surface area contributed by atoms with Gasteiger partial charge in [-0.25, -0.2) is 8.78 Å². The molecule has 0 unspecified atom stereocenters. The van der Waals surface area contributed by atoms with Crippen molar-refractivity contribution in [3.8, 4) is 18.2 Å². The molecular weight excluding hydrogens is 340 g/mol. The van der Waals surface area contributed by atoms with E-state index in [1.807, 2.05) is 0 Å². The monoisotopic (exact) mass is 352 g/mol. The molecule has 0 saturated heterocycles. The Morgan fingerprint density at radius 3 is 2.04 bits per heavy atom. The second kappa shape index (κ2) is 8.68. The number of benzene rings is 1. The SMILES string of the molecule is N#CC(C#N)=C(C#N)c1ccc(N(CCO)CC(F)(F)C(F)F)cc1. The van der Waals surface area contributed by atoms with Gasteiger partial charge in [-0.2, -0.15) is 24.6 Å². The summed E-state index contributed by atoms with van der Waals surface area (Å²) in [6.07, 6.45) is -3.85. The Labute approximate surface area is 141 Å². The summed E-state index contributed by atoms with van der Waals surface area (Å²) in [5.74, 6) is -4.26. The quantitative estimate of drug-likeness (QED) is 0.601. The third-order valence-electron chi connectivity index (χ3n) is 3.20. The van der Waals surface area contributed by atoms with E-state index < -0.39 is 31.1 Å². The van der Waals surface area contributed by atoms with Crippen LogP contribution in [0.15, 0.2) is 29.8 Å². The molecule has 0 aliphatic carbocycles. The fraction of sp³-hybridized carbons (Fsp3) is 0.312. The third-order valence-corrected chi connectivity index (χ3v) is 3.20. The second-order valence-electron chi connectivity index (χ2n) is 4.84. The minimum Gasteiger partial charge on any atom is -0.395 e. The average molecular weight is 352 g/mol. The van der Waals surface area contributed by atoms with Gasteiger partial charge in [0.2, 0.25) is 0 Å². The topological polar surface area (TPSA) is 94.8 Å². The van der Waals surface area contributed by atoms with Gasteiger partial charge in [-0.15, -0.1) is 0 Å².